The topological polar surface area (TPSA) is 91.5 Å². The molecule has 0 spiro atoms. The predicted molar refractivity (Wildman–Crippen MR) is 85.3 cm³/mol. The third-order valence-electron chi connectivity index (χ3n) is 4.10. The molecule has 3 amide bonds. The molecule has 1 heterocycles. The Bertz CT molecular complexity index is 572. The van der Waals surface area contributed by atoms with E-state index in [1.165, 1.54) is 19.3 Å². The molecule has 1 aromatic carbocycles. The average Bonchev–Trinajstić information content (AvgIpc) is 3.01. The molecule has 3 rings (SSSR count). The van der Waals surface area contributed by atoms with E-state index in [4.69, 9.17) is 4.74 Å². The molecule has 0 radical (unpaired) electrons. The lowest BCUT2D eigenvalue weighted by Gasteiger charge is -2.22. The van der Waals surface area contributed by atoms with Crippen LogP contribution in [-0.4, -0.2) is 24.2 Å². The van der Waals surface area contributed by atoms with E-state index in [-0.39, 0.29) is 5.91 Å². The normalized spacial score (nSPS) is 21.6. The minimum Gasteiger partial charge on any atom is -0.374 e. The summed E-state index contributed by atoms with van der Waals surface area (Å²) in [6.45, 7) is 0.550. The maximum Gasteiger partial charge on any atom is 0.330 e. The Hall–Kier alpha value is -2.12. The van der Waals surface area contributed by atoms with Gasteiger partial charge in [0.15, 0.2) is 6.17 Å². The Labute approximate surface area is 135 Å². The van der Waals surface area contributed by atoms with Crippen LogP contribution in [0.1, 0.15) is 37.7 Å². The Morgan fingerprint density at radius 3 is 2.83 bits per heavy atom. The molecule has 23 heavy (non-hydrogen) atoms. The fourth-order valence-electron chi connectivity index (χ4n) is 2.87. The lowest BCUT2D eigenvalue weighted by atomic mass is 9.98. The summed E-state index contributed by atoms with van der Waals surface area (Å²) >= 11 is 0. The number of carbonyl (C=O) groups excluding carboxylic acids is 2. The number of hydrogen-bond donors (Lipinski definition) is 4. The second kappa shape index (κ2) is 7.43. The van der Waals surface area contributed by atoms with Gasteiger partial charge in [-0.25, -0.2) is 10.2 Å². The molecule has 1 unspecified atom stereocenters. The molecule has 7 heteroatoms. The molecule has 1 saturated carbocycles. The highest BCUT2D eigenvalue weighted by molar-refractivity contribution is 5.98. The van der Waals surface area contributed by atoms with Gasteiger partial charge in [0.25, 0.3) is 5.91 Å². The van der Waals surface area contributed by atoms with Gasteiger partial charge in [0.2, 0.25) is 0 Å². The van der Waals surface area contributed by atoms with Crippen LogP contribution < -0.4 is 21.5 Å². The van der Waals surface area contributed by atoms with Crippen LogP contribution in [0.5, 0.6) is 0 Å². The summed E-state index contributed by atoms with van der Waals surface area (Å²) in [7, 11) is 0. The Morgan fingerprint density at radius 1 is 1.26 bits per heavy atom. The van der Waals surface area contributed by atoms with Gasteiger partial charge in [-0.2, -0.15) is 0 Å². The number of hydrazine groups is 1. The summed E-state index contributed by atoms with van der Waals surface area (Å²) in [6.07, 6.45) is 5.65. The average molecular weight is 318 g/mol. The second-order valence-corrected chi connectivity index (χ2v) is 5.94. The van der Waals surface area contributed by atoms with Gasteiger partial charge >= 0.3 is 6.03 Å². The second-order valence-electron chi connectivity index (χ2n) is 5.94. The number of urea groups is 1. The summed E-state index contributed by atoms with van der Waals surface area (Å²) in [5.74, 6) is -0.325. The number of nitrogens with one attached hydrogen (secondary N) is 4. The van der Waals surface area contributed by atoms with Crippen LogP contribution in [-0.2, 0) is 16.1 Å². The summed E-state index contributed by atoms with van der Waals surface area (Å²) < 4.78 is 5.95. The SMILES string of the molecule is O=C1NNC(C(=O)Nc2cccc(COC3CCCCC3)c2)N1. The molecule has 2 aliphatic rings. The van der Waals surface area contributed by atoms with Gasteiger partial charge in [0.05, 0.1) is 12.7 Å². The molecule has 1 aliphatic carbocycles. The van der Waals surface area contributed by atoms with Crippen molar-refractivity contribution in [2.45, 2.75) is 51.0 Å². The van der Waals surface area contributed by atoms with Crippen molar-refractivity contribution in [1.82, 2.24) is 16.2 Å². The Kier molecular flexibility index (Phi) is 5.09. The van der Waals surface area contributed by atoms with E-state index >= 15 is 0 Å². The van der Waals surface area contributed by atoms with Crippen molar-refractivity contribution in [3.63, 3.8) is 0 Å². The summed E-state index contributed by atoms with van der Waals surface area (Å²) in [5.41, 5.74) is 6.59. The number of ether oxygens (including phenoxy) is 1. The van der Waals surface area contributed by atoms with Gasteiger partial charge in [0.1, 0.15) is 0 Å². The van der Waals surface area contributed by atoms with Crippen molar-refractivity contribution in [2.75, 3.05) is 5.32 Å². The van der Waals surface area contributed by atoms with Crippen molar-refractivity contribution >= 4 is 17.6 Å². The third-order valence-corrected chi connectivity index (χ3v) is 4.10. The number of anilines is 1. The number of benzene rings is 1. The molecule has 1 atom stereocenters. The Morgan fingerprint density at radius 2 is 2.09 bits per heavy atom. The van der Waals surface area contributed by atoms with Gasteiger partial charge in [-0.05, 0) is 30.5 Å². The monoisotopic (exact) mass is 318 g/mol. The predicted octanol–water partition coefficient (Wildman–Crippen LogP) is 1.62. The first-order valence-corrected chi connectivity index (χ1v) is 8.04. The van der Waals surface area contributed by atoms with Crippen LogP contribution in [0.4, 0.5) is 10.5 Å². The van der Waals surface area contributed by atoms with Gasteiger partial charge in [-0.15, -0.1) is 0 Å². The molecular formula is C16H22N4O3. The number of rotatable bonds is 5. The smallest absolute Gasteiger partial charge is 0.330 e. The fraction of sp³-hybridized carbons (Fsp3) is 0.500. The minimum atomic E-state index is -0.773. The highest BCUT2D eigenvalue weighted by atomic mass is 16.5. The van der Waals surface area contributed by atoms with Crippen molar-refractivity contribution in [2.24, 2.45) is 0 Å². The molecule has 4 N–H and O–H groups in total. The maximum absolute atomic E-state index is 12.0. The third kappa shape index (κ3) is 4.43. The van der Waals surface area contributed by atoms with E-state index in [0.29, 0.717) is 18.4 Å². The van der Waals surface area contributed by atoms with E-state index in [2.05, 4.69) is 21.5 Å². The lowest BCUT2D eigenvalue weighted by Crippen LogP contribution is -2.44. The molecule has 124 valence electrons. The molecule has 0 aromatic heterocycles. The molecule has 1 saturated heterocycles. The molecule has 0 bridgehead atoms. The number of amides is 3. The van der Waals surface area contributed by atoms with Crippen molar-refractivity contribution in [3.8, 4) is 0 Å². The van der Waals surface area contributed by atoms with E-state index in [1.807, 2.05) is 24.3 Å². The van der Waals surface area contributed by atoms with Crippen molar-refractivity contribution in [1.29, 1.82) is 0 Å². The molecule has 7 nitrogen and oxygen atoms in total. The zero-order valence-corrected chi connectivity index (χ0v) is 12.9. The first kappa shape index (κ1) is 15.8. The molecule has 2 fully saturated rings. The van der Waals surface area contributed by atoms with E-state index in [9.17, 15) is 9.59 Å². The van der Waals surface area contributed by atoms with Crippen LogP contribution in [0.2, 0.25) is 0 Å². The van der Waals surface area contributed by atoms with Gasteiger partial charge in [0, 0.05) is 5.69 Å². The zero-order chi connectivity index (χ0) is 16.1. The summed E-state index contributed by atoms with van der Waals surface area (Å²) in [6, 6.07) is 7.15. The van der Waals surface area contributed by atoms with Crippen molar-refractivity contribution < 1.29 is 14.3 Å². The fourth-order valence-corrected chi connectivity index (χ4v) is 2.87. The molecular weight excluding hydrogens is 296 g/mol. The van der Waals surface area contributed by atoms with Crippen LogP contribution in [0.25, 0.3) is 0 Å². The first-order valence-electron chi connectivity index (χ1n) is 8.04. The van der Waals surface area contributed by atoms with Crippen molar-refractivity contribution in [3.05, 3.63) is 29.8 Å². The molecule has 1 aromatic rings. The van der Waals surface area contributed by atoms with E-state index < -0.39 is 12.2 Å². The van der Waals surface area contributed by atoms with Crippen LogP contribution in [0.3, 0.4) is 0 Å². The van der Waals surface area contributed by atoms with E-state index in [1.54, 1.807) is 0 Å². The highest BCUT2D eigenvalue weighted by Crippen LogP contribution is 2.22. The lowest BCUT2D eigenvalue weighted by molar-refractivity contribution is -0.118. The van der Waals surface area contributed by atoms with Gasteiger partial charge < -0.3 is 15.4 Å². The molecule has 1 aliphatic heterocycles. The maximum atomic E-state index is 12.0. The van der Waals surface area contributed by atoms with Gasteiger partial charge in [-0.1, -0.05) is 31.4 Å². The number of carbonyl (C=O) groups is 2. The van der Waals surface area contributed by atoms with Crippen LogP contribution in [0.15, 0.2) is 24.3 Å². The van der Waals surface area contributed by atoms with Crippen LogP contribution >= 0.6 is 0 Å². The van der Waals surface area contributed by atoms with Crippen LogP contribution in [0, 0.1) is 0 Å². The zero-order valence-electron chi connectivity index (χ0n) is 12.9. The minimum absolute atomic E-state index is 0.325. The van der Waals surface area contributed by atoms with Gasteiger partial charge in [-0.3, -0.25) is 10.2 Å². The number of hydrogen-bond acceptors (Lipinski definition) is 4. The first-order chi connectivity index (χ1) is 11.2. The highest BCUT2D eigenvalue weighted by Gasteiger charge is 2.26. The quantitative estimate of drug-likeness (QED) is 0.664. The standard InChI is InChI=1S/C16H22N4O3/c21-15(14-18-16(22)20-19-14)17-12-6-4-5-11(9-12)10-23-13-7-2-1-3-8-13/h4-6,9,13-14,19H,1-3,7-8,10H2,(H,17,21)(H2,18,20,22). The largest absolute Gasteiger partial charge is 0.374 e. The Balaban J connectivity index is 1.52. The van der Waals surface area contributed by atoms with E-state index in [0.717, 1.165) is 18.4 Å². The summed E-state index contributed by atoms with van der Waals surface area (Å²) in [5, 5.41) is 5.23. The summed E-state index contributed by atoms with van der Waals surface area (Å²) in [4.78, 5) is 23.0.